The Labute approximate surface area is 691 Å². The molecule has 0 saturated heterocycles. The molecule has 22 aromatic carbocycles. The van der Waals surface area contributed by atoms with Crippen molar-refractivity contribution in [2.75, 3.05) is 0 Å². The first-order valence-corrected chi connectivity index (χ1v) is 41.5. The molecule has 4 nitrogen and oxygen atoms in total. The van der Waals surface area contributed by atoms with E-state index in [1.54, 1.807) is 0 Å². The van der Waals surface area contributed by atoms with Gasteiger partial charge >= 0.3 is 0 Å². The van der Waals surface area contributed by atoms with Crippen LogP contribution in [0.5, 0.6) is 0 Å². The number of nitrogens with zero attached hydrogens (tertiary/aromatic N) is 4. The molecule has 0 aliphatic heterocycles. The number of hydrogen-bond donors (Lipinski definition) is 0. The van der Waals surface area contributed by atoms with Gasteiger partial charge in [-0.15, -0.1) is 0 Å². The first-order chi connectivity index (χ1) is 59.5. The van der Waals surface area contributed by atoms with Crippen LogP contribution >= 0.6 is 0 Å². The van der Waals surface area contributed by atoms with E-state index < -0.39 is 0 Å². The molecule has 0 aliphatic carbocycles. The van der Waals surface area contributed by atoms with Crippen LogP contribution in [0.1, 0.15) is 0 Å². The summed E-state index contributed by atoms with van der Waals surface area (Å²) in [4.78, 5) is 0. The average Bonchev–Trinajstić information content (AvgIpc) is 1.24. The molecule has 120 heavy (non-hydrogen) atoms. The molecule has 0 aliphatic rings. The summed E-state index contributed by atoms with van der Waals surface area (Å²) < 4.78 is 9.67. The van der Waals surface area contributed by atoms with Crippen LogP contribution in [0, 0.1) is 0 Å². The molecular formula is C116H72N4. The summed E-state index contributed by atoms with van der Waals surface area (Å²) in [5.41, 5.74) is 23.9. The van der Waals surface area contributed by atoms with Crippen molar-refractivity contribution in [3.63, 3.8) is 0 Å². The Hall–Kier alpha value is -15.9. The van der Waals surface area contributed by atoms with E-state index in [2.05, 4.69) is 455 Å². The Kier molecular flexibility index (Phi) is 15.1. The predicted octanol–water partition coefficient (Wildman–Crippen LogP) is 31.7. The lowest BCUT2D eigenvalue weighted by Gasteiger charge is -2.18. The highest BCUT2D eigenvalue weighted by Gasteiger charge is 2.23. The minimum Gasteiger partial charge on any atom is -0.309 e. The molecule has 4 heterocycles. The Balaban J connectivity index is 0.000000134. The minimum atomic E-state index is 1.14. The molecule has 26 rings (SSSR count). The first-order valence-electron chi connectivity index (χ1n) is 41.5. The highest BCUT2D eigenvalue weighted by molar-refractivity contribution is 6.37. The van der Waals surface area contributed by atoms with Gasteiger partial charge in [0.05, 0.1) is 44.1 Å². The summed E-state index contributed by atoms with van der Waals surface area (Å²) in [6.07, 6.45) is 0. The lowest BCUT2D eigenvalue weighted by molar-refractivity contribution is 1.18. The highest BCUT2D eigenvalue weighted by Crippen LogP contribution is 2.48. The summed E-state index contributed by atoms with van der Waals surface area (Å²) >= 11 is 0. The van der Waals surface area contributed by atoms with E-state index in [9.17, 15) is 0 Å². The number of aromatic nitrogens is 4. The zero-order chi connectivity index (χ0) is 78.6. The third kappa shape index (κ3) is 10.4. The van der Waals surface area contributed by atoms with Gasteiger partial charge in [0, 0.05) is 65.8 Å². The summed E-state index contributed by atoms with van der Waals surface area (Å²) in [5.74, 6) is 0. The standard InChI is InChI=1S/C62H38N2.C54H34N2/c1-2-17-43(18-3-1)63-57-27-12-10-24-49(57)51-32-30-41(37-60(51)63)40-31-34-59-55(36-40)50-25-11-13-28-58(50)64(59)44-19-14-16-42(35-44)54-38-56-48-23-7-6-21-46(48)47-22-8-9-26-52(47)62(56)61-45-20-5-4-15-39(45)29-33-53(54)61;1-2-13-41(14-3-1)55-51-19-8-6-17-47(51)49-29-23-39(34-54(49)55)38-25-30-53-50(33-38)48-18-7-9-20-52(48)56(53)42-15-10-12-36(32-42)37-22-26-44-40(31-37)24-28-45-43-16-5-4-11-35(43)21-27-46(44)45/h1-38H;1-34H. The SMILES string of the molecule is c1ccc(-n2c3ccccc3c3ccc(-c4ccc5c(c4)c4ccccc4n5-c4cccc(-c5cc6c7ccccc7c7ccccc7c6c6c5ccc5ccccc56)c4)cc32)cc1.c1ccc(-n2c3ccccc3c3ccc(-c4ccc5c(c4)c4ccccc4n5-c4cccc(-c5ccc6c(ccc7c8ccccc8ccc67)c5)c4)cc32)cc1. The van der Waals surface area contributed by atoms with Gasteiger partial charge in [0.25, 0.3) is 0 Å². The van der Waals surface area contributed by atoms with Gasteiger partial charge in [-0.1, -0.05) is 315 Å². The molecule has 0 spiro atoms. The summed E-state index contributed by atoms with van der Waals surface area (Å²) in [7, 11) is 0. The van der Waals surface area contributed by atoms with E-state index >= 15 is 0 Å². The lowest BCUT2D eigenvalue weighted by Crippen LogP contribution is -1.95. The van der Waals surface area contributed by atoms with Gasteiger partial charge in [0.2, 0.25) is 0 Å². The third-order valence-electron chi connectivity index (χ3n) is 25.7. The van der Waals surface area contributed by atoms with Crippen molar-refractivity contribution < 1.29 is 0 Å². The van der Waals surface area contributed by atoms with Crippen molar-refractivity contribution >= 4 is 173 Å². The van der Waals surface area contributed by atoms with Gasteiger partial charge in [-0.2, -0.15) is 0 Å². The second-order valence-electron chi connectivity index (χ2n) is 32.1. The van der Waals surface area contributed by atoms with Crippen molar-refractivity contribution in [3.8, 4) is 67.3 Å². The van der Waals surface area contributed by atoms with Gasteiger partial charge in [-0.25, -0.2) is 0 Å². The molecule has 26 aromatic rings. The topological polar surface area (TPSA) is 19.7 Å². The average molecular weight is 1520 g/mol. The van der Waals surface area contributed by atoms with Crippen molar-refractivity contribution in [3.05, 3.63) is 437 Å². The van der Waals surface area contributed by atoms with Gasteiger partial charge < -0.3 is 18.3 Å². The van der Waals surface area contributed by atoms with E-state index in [4.69, 9.17) is 0 Å². The third-order valence-corrected chi connectivity index (χ3v) is 25.7. The van der Waals surface area contributed by atoms with Crippen LogP contribution in [0.3, 0.4) is 0 Å². The monoisotopic (exact) mass is 1520 g/mol. The van der Waals surface area contributed by atoms with E-state index in [0.717, 1.165) is 11.4 Å². The van der Waals surface area contributed by atoms with E-state index in [1.165, 1.54) is 229 Å². The van der Waals surface area contributed by atoms with Crippen molar-refractivity contribution in [1.29, 1.82) is 0 Å². The Morgan fingerprint density at radius 2 is 0.417 bits per heavy atom. The summed E-state index contributed by atoms with van der Waals surface area (Å²) in [5, 5.41) is 30.6. The second-order valence-corrected chi connectivity index (χ2v) is 32.1. The molecule has 0 bridgehead atoms. The number of rotatable bonds is 8. The van der Waals surface area contributed by atoms with Crippen LogP contribution in [0.25, 0.3) is 241 Å². The highest BCUT2D eigenvalue weighted by atomic mass is 15.0. The quantitative estimate of drug-likeness (QED) is 0.135. The molecule has 4 aromatic heterocycles. The maximum atomic E-state index is 2.46. The zero-order valence-corrected chi connectivity index (χ0v) is 65.4. The van der Waals surface area contributed by atoms with Crippen LogP contribution in [0.15, 0.2) is 437 Å². The Morgan fingerprint density at radius 3 is 0.950 bits per heavy atom. The molecule has 0 saturated carbocycles. The van der Waals surface area contributed by atoms with E-state index in [-0.39, 0.29) is 0 Å². The zero-order valence-electron chi connectivity index (χ0n) is 65.4. The fraction of sp³-hybridized carbons (Fsp3) is 0. The van der Waals surface area contributed by atoms with Crippen LogP contribution < -0.4 is 0 Å². The number of benzene rings is 22. The molecule has 0 amide bonds. The van der Waals surface area contributed by atoms with Crippen molar-refractivity contribution in [2.24, 2.45) is 0 Å². The van der Waals surface area contributed by atoms with Gasteiger partial charge in [0.1, 0.15) is 0 Å². The maximum Gasteiger partial charge on any atom is 0.0547 e. The molecule has 0 fully saturated rings. The second kappa shape index (κ2) is 26.9. The fourth-order valence-electron chi connectivity index (χ4n) is 20.3. The molecule has 0 atom stereocenters. The molecular weight excluding hydrogens is 1450 g/mol. The molecule has 0 radical (unpaired) electrons. The minimum absolute atomic E-state index is 1.14. The molecule has 4 heteroatoms. The largest absolute Gasteiger partial charge is 0.309 e. The van der Waals surface area contributed by atoms with Crippen LogP contribution in [0.4, 0.5) is 0 Å². The first kappa shape index (κ1) is 67.5. The van der Waals surface area contributed by atoms with Gasteiger partial charge in [0.15, 0.2) is 0 Å². The molecule has 0 unspecified atom stereocenters. The number of fused-ring (bicyclic) bond motifs is 27. The van der Waals surface area contributed by atoms with Crippen molar-refractivity contribution in [2.45, 2.75) is 0 Å². The van der Waals surface area contributed by atoms with E-state index in [0.29, 0.717) is 0 Å². The number of hydrogen-bond acceptors (Lipinski definition) is 0. The maximum absolute atomic E-state index is 2.46. The van der Waals surface area contributed by atoms with Crippen LogP contribution in [-0.4, -0.2) is 18.3 Å². The lowest BCUT2D eigenvalue weighted by atomic mass is 9.85. The van der Waals surface area contributed by atoms with Gasteiger partial charge in [-0.05, 0) is 252 Å². The fourth-order valence-corrected chi connectivity index (χ4v) is 20.3. The van der Waals surface area contributed by atoms with Gasteiger partial charge in [-0.3, -0.25) is 0 Å². The summed E-state index contributed by atoms with van der Waals surface area (Å²) in [6, 6.07) is 161. The summed E-state index contributed by atoms with van der Waals surface area (Å²) in [6.45, 7) is 0. The van der Waals surface area contributed by atoms with Crippen LogP contribution in [-0.2, 0) is 0 Å². The Morgan fingerprint density at radius 1 is 0.117 bits per heavy atom. The normalized spacial score (nSPS) is 12.0. The smallest absolute Gasteiger partial charge is 0.0547 e. The molecule has 556 valence electrons. The van der Waals surface area contributed by atoms with E-state index in [1.807, 2.05) is 0 Å². The molecule has 0 N–H and O–H groups in total. The van der Waals surface area contributed by atoms with Crippen LogP contribution in [0.2, 0.25) is 0 Å². The Bertz CT molecular complexity index is 8790. The van der Waals surface area contributed by atoms with Crippen molar-refractivity contribution in [1.82, 2.24) is 18.3 Å². The number of para-hydroxylation sites is 6. The predicted molar refractivity (Wildman–Crippen MR) is 512 cm³/mol.